The van der Waals surface area contributed by atoms with E-state index in [1.165, 1.54) is 12.1 Å². The molecule has 0 N–H and O–H groups in total. The highest BCUT2D eigenvalue weighted by atomic mass is 19.1. The van der Waals surface area contributed by atoms with E-state index in [0.717, 1.165) is 5.56 Å². The minimum atomic E-state index is -0.319. The van der Waals surface area contributed by atoms with Gasteiger partial charge in [0, 0.05) is 24.7 Å². The van der Waals surface area contributed by atoms with E-state index < -0.39 is 0 Å². The number of nitrogens with zero attached hydrogens (tertiary/aromatic N) is 4. The van der Waals surface area contributed by atoms with Crippen LogP contribution in [-0.4, -0.2) is 45.1 Å². The summed E-state index contributed by atoms with van der Waals surface area (Å²) in [5.74, 6) is 0.137. The van der Waals surface area contributed by atoms with Crippen LogP contribution in [0, 0.1) is 5.82 Å². The summed E-state index contributed by atoms with van der Waals surface area (Å²) in [7, 11) is 0. The third kappa shape index (κ3) is 3.92. The molecule has 142 valence electrons. The Morgan fingerprint density at radius 2 is 1.81 bits per heavy atom. The van der Waals surface area contributed by atoms with Crippen LogP contribution in [0.2, 0.25) is 0 Å². The van der Waals surface area contributed by atoms with Crippen LogP contribution in [0.4, 0.5) is 4.39 Å². The van der Waals surface area contributed by atoms with Crippen molar-refractivity contribution in [1.29, 1.82) is 0 Å². The molecule has 3 aromatic rings. The predicted octanol–water partition coefficient (Wildman–Crippen LogP) is 3.35. The Hall–Kier alpha value is -2.96. The van der Waals surface area contributed by atoms with Crippen molar-refractivity contribution in [2.24, 2.45) is 0 Å². The van der Waals surface area contributed by atoms with Crippen molar-refractivity contribution in [2.75, 3.05) is 19.7 Å². The molecule has 0 atom stereocenters. The lowest BCUT2D eigenvalue weighted by Crippen LogP contribution is -2.32. The number of imidazole rings is 1. The fraction of sp³-hybridized carbons (Fsp3) is 0.350. The van der Waals surface area contributed by atoms with Gasteiger partial charge in [0.15, 0.2) is 5.65 Å². The van der Waals surface area contributed by atoms with E-state index in [0.29, 0.717) is 42.6 Å². The van der Waals surface area contributed by atoms with Crippen molar-refractivity contribution < 1.29 is 13.9 Å². The number of benzene rings is 1. The second-order valence-electron chi connectivity index (χ2n) is 6.03. The summed E-state index contributed by atoms with van der Waals surface area (Å²) in [5.41, 5.74) is 2.63. The van der Waals surface area contributed by atoms with Gasteiger partial charge in [-0.25, -0.2) is 13.9 Å². The summed E-state index contributed by atoms with van der Waals surface area (Å²) in [4.78, 5) is 19.1. The summed E-state index contributed by atoms with van der Waals surface area (Å²) in [5, 5.41) is 4.48. The number of aromatic nitrogens is 3. The number of halogens is 1. The Morgan fingerprint density at radius 1 is 1.11 bits per heavy atom. The second kappa shape index (κ2) is 8.16. The van der Waals surface area contributed by atoms with Gasteiger partial charge in [0.05, 0.1) is 24.4 Å². The molecule has 1 aromatic carbocycles. The largest absolute Gasteiger partial charge is 0.477 e. The van der Waals surface area contributed by atoms with Crippen LogP contribution >= 0.6 is 0 Å². The first-order valence-electron chi connectivity index (χ1n) is 9.12. The van der Waals surface area contributed by atoms with Gasteiger partial charge in [-0.1, -0.05) is 0 Å². The van der Waals surface area contributed by atoms with Crippen molar-refractivity contribution >= 4 is 11.6 Å². The summed E-state index contributed by atoms with van der Waals surface area (Å²) in [6.07, 6.45) is 0.151. The Bertz CT molecular complexity index is 933. The van der Waals surface area contributed by atoms with Gasteiger partial charge in [0.1, 0.15) is 5.82 Å². The smallest absolute Gasteiger partial charge is 0.231 e. The Labute approximate surface area is 157 Å². The van der Waals surface area contributed by atoms with Crippen LogP contribution < -0.4 is 4.74 Å². The average Bonchev–Trinajstić information content (AvgIpc) is 3.01. The first-order chi connectivity index (χ1) is 13.1. The lowest BCUT2D eigenvalue weighted by molar-refractivity contribution is -0.130. The molecule has 2 aromatic heterocycles. The fourth-order valence-electron chi connectivity index (χ4n) is 3.02. The molecule has 7 heteroatoms. The topological polar surface area (TPSA) is 59.7 Å². The number of likely N-dealkylation sites (N-methyl/N-ethyl adjacent to an activating group) is 1. The maximum Gasteiger partial charge on any atom is 0.231 e. The Kier molecular flexibility index (Phi) is 5.69. The molecule has 0 spiro atoms. The SMILES string of the molecule is CCOc1ccc2nc(-c3ccc(F)cc3)c(CC(=O)N(CC)CC)n2n1. The van der Waals surface area contributed by atoms with E-state index in [9.17, 15) is 9.18 Å². The van der Waals surface area contributed by atoms with E-state index in [4.69, 9.17) is 4.74 Å². The molecule has 0 fully saturated rings. The van der Waals surface area contributed by atoms with Crippen LogP contribution in [0.15, 0.2) is 36.4 Å². The molecule has 6 nitrogen and oxygen atoms in total. The highest BCUT2D eigenvalue weighted by Gasteiger charge is 2.21. The summed E-state index contributed by atoms with van der Waals surface area (Å²) in [6, 6.07) is 9.63. The van der Waals surface area contributed by atoms with E-state index >= 15 is 0 Å². The van der Waals surface area contributed by atoms with Crippen LogP contribution in [0.5, 0.6) is 5.88 Å². The van der Waals surface area contributed by atoms with Crippen LogP contribution in [-0.2, 0) is 11.2 Å². The first kappa shape index (κ1) is 18.8. The van der Waals surface area contributed by atoms with Crippen LogP contribution in [0.1, 0.15) is 26.5 Å². The molecular weight excluding hydrogens is 347 g/mol. The maximum absolute atomic E-state index is 13.3. The molecule has 27 heavy (non-hydrogen) atoms. The number of rotatable bonds is 7. The second-order valence-corrected chi connectivity index (χ2v) is 6.03. The van der Waals surface area contributed by atoms with Gasteiger partial charge in [-0.05, 0) is 51.1 Å². The lowest BCUT2D eigenvalue weighted by Gasteiger charge is -2.18. The van der Waals surface area contributed by atoms with Gasteiger partial charge >= 0.3 is 0 Å². The van der Waals surface area contributed by atoms with Crippen molar-refractivity contribution in [3.05, 3.63) is 47.9 Å². The van der Waals surface area contributed by atoms with Gasteiger partial charge in [-0.15, -0.1) is 5.10 Å². The highest BCUT2D eigenvalue weighted by Crippen LogP contribution is 2.26. The van der Waals surface area contributed by atoms with Gasteiger partial charge in [-0.3, -0.25) is 4.79 Å². The highest BCUT2D eigenvalue weighted by molar-refractivity contribution is 5.81. The molecule has 0 unspecified atom stereocenters. The van der Waals surface area contributed by atoms with E-state index in [1.54, 1.807) is 33.7 Å². The zero-order chi connectivity index (χ0) is 19.4. The number of hydrogen-bond acceptors (Lipinski definition) is 4. The lowest BCUT2D eigenvalue weighted by atomic mass is 10.1. The average molecular weight is 370 g/mol. The minimum Gasteiger partial charge on any atom is -0.477 e. The van der Waals surface area contributed by atoms with E-state index in [1.807, 2.05) is 20.8 Å². The van der Waals surface area contributed by atoms with E-state index in [2.05, 4.69) is 10.1 Å². The molecule has 1 amide bonds. The molecule has 0 aliphatic rings. The predicted molar refractivity (Wildman–Crippen MR) is 101 cm³/mol. The molecule has 3 rings (SSSR count). The van der Waals surface area contributed by atoms with E-state index in [-0.39, 0.29) is 18.1 Å². The quantitative estimate of drug-likeness (QED) is 0.640. The van der Waals surface area contributed by atoms with Gasteiger partial charge in [-0.2, -0.15) is 0 Å². The van der Waals surface area contributed by atoms with Crippen molar-refractivity contribution in [2.45, 2.75) is 27.2 Å². The monoisotopic (exact) mass is 370 g/mol. The zero-order valence-electron chi connectivity index (χ0n) is 15.8. The number of carbonyl (C=O) groups is 1. The van der Waals surface area contributed by atoms with Crippen molar-refractivity contribution in [3.8, 4) is 17.1 Å². The number of ether oxygens (including phenoxy) is 1. The molecule has 0 aliphatic carbocycles. The molecule has 0 radical (unpaired) electrons. The van der Waals surface area contributed by atoms with Gasteiger partial charge in [0.2, 0.25) is 11.8 Å². The van der Waals surface area contributed by atoms with Gasteiger partial charge < -0.3 is 9.64 Å². The zero-order valence-corrected chi connectivity index (χ0v) is 15.8. The summed E-state index contributed by atoms with van der Waals surface area (Å²) >= 11 is 0. The fourth-order valence-corrected chi connectivity index (χ4v) is 3.02. The molecule has 2 heterocycles. The third-order valence-electron chi connectivity index (χ3n) is 4.39. The number of fused-ring (bicyclic) bond motifs is 1. The Morgan fingerprint density at radius 3 is 2.44 bits per heavy atom. The maximum atomic E-state index is 13.3. The third-order valence-corrected chi connectivity index (χ3v) is 4.39. The molecular formula is C20H23FN4O2. The number of hydrogen-bond donors (Lipinski definition) is 0. The summed E-state index contributed by atoms with van der Waals surface area (Å²) in [6.45, 7) is 7.54. The normalized spacial score (nSPS) is 11.0. The Balaban J connectivity index is 2.12. The number of carbonyl (C=O) groups excluding carboxylic acids is 1. The van der Waals surface area contributed by atoms with Crippen LogP contribution in [0.25, 0.3) is 16.9 Å². The van der Waals surface area contributed by atoms with Gasteiger partial charge in [0.25, 0.3) is 0 Å². The minimum absolute atomic E-state index is 0.00576. The summed E-state index contributed by atoms with van der Waals surface area (Å²) < 4.78 is 20.5. The van der Waals surface area contributed by atoms with Crippen LogP contribution in [0.3, 0.4) is 0 Å². The molecule has 0 saturated carbocycles. The first-order valence-corrected chi connectivity index (χ1v) is 9.12. The van der Waals surface area contributed by atoms with Crippen molar-refractivity contribution in [1.82, 2.24) is 19.5 Å². The molecule has 0 saturated heterocycles. The van der Waals surface area contributed by atoms with Crippen molar-refractivity contribution in [3.63, 3.8) is 0 Å². The molecule has 0 aliphatic heterocycles. The standard InChI is InChI=1S/C20H23FN4O2/c1-4-24(5-2)19(26)13-16-20(14-7-9-15(21)10-8-14)22-17-11-12-18(27-6-3)23-25(16)17/h7-12H,4-6,13H2,1-3H3. The number of amides is 1. The molecule has 0 bridgehead atoms.